The lowest BCUT2D eigenvalue weighted by Gasteiger charge is -2.06. The second kappa shape index (κ2) is 4.68. The number of carbonyl (C=O) groups is 1. The molecule has 82 valence electrons. The Kier molecular flexibility index (Phi) is 3.27. The minimum absolute atomic E-state index is 0.119. The number of hydrogen-bond donors (Lipinski definition) is 1. The van der Waals surface area contributed by atoms with Crippen LogP contribution in [0.5, 0.6) is 0 Å². The summed E-state index contributed by atoms with van der Waals surface area (Å²) < 4.78 is 0.620. The van der Waals surface area contributed by atoms with E-state index in [-0.39, 0.29) is 5.91 Å². The lowest BCUT2D eigenvalue weighted by Crippen LogP contribution is -2.10. The van der Waals surface area contributed by atoms with Crippen molar-refractivity contribution in [2.45, 2.75) is 6.92 Å². The standard InChI is InChI=1S/C12H10ClNOS/c1-8-4-2-3-5-9(8)14-12(15)10-6-7-11(13)16-10/h2-7H,1H3,(H,14,15). The third kappa shape index (κ3) is 2.43. The Bertz CT molecular complexity index is 521. The van der Waals surface area contributed by atoms with Gasteiger partial charge in [0.1, 0.15) is 0 Å². The van der Waals surface area contributed by atoms with Gasteiger partial charge in [0.2, 0.25) is 0 Å². The summed E-state index contributed by atoms with van der Waals surface area (Å²) in [5.41, 5.74) is 1.87. The average Bonchev–Trinajstić information content (AvgIpc) is 2.68. The molecule has 1 N–H and O–H groups in total. The maximum absolute atomic E-state index is 11.8. The molecule has 2 aromatic rings. The minimum atomic E-state index is -0.119. The average molecular weight is 252 g/mol. The van der Waals surface area contributed by atoms with E-state index in [1.165, 1.54) is 11.3 Å². The lowest BCUT2D eigenvalue weighted by atomic mass is 10.2. The zero-order valence-corrected chi connectivity index (χ0v) is 10.2. The fraction of sp³-hybridized carbons (Fsp3) is 0.0833. The maximum atomic E-state index is 11.8. The van der Waals surface area contributed by atoms with Gasteiger partial charge in [0, 0.05) is 5.69 Å². The van der Waals surface area contributed by atoms with Crippen molar-refractivity contribution < 1.29 is 4.79 Å². The predicted octanol–water partition coefficient (Wildman–Crippen LogP) is 3.96. The first-order valence-electron chi connectivity index (χ1n) is 4.79. The molecule has 1 heterocycles. The molecule has 2 nitrogen and oxygen atoms in total. The Morgan fingerprint density at radius 1 is 1.25 bits per heavy atom. The number of rotatable bonds is 2. The van der Waals surface area contributed by atoms with E-state index in [0.29, 0.717) is 9.21 Å². The maximum Gasteiger partial charge on any atom is 0.265 e. The first-order chi connectivity index (χ1) is 7.66. The Balaban J connectivity index is 2.17. The van der Waals surface area contributed by atoms with Crippen LogP contribution in [0.4, 0.5) is 5.69 Å². The van der Waals surface area contributed by atoms with Crippen LogP contribution in [-0.4, -0.2) is 5.91 Å². The number of hydrogen-bond acceptors (Lipinski definition) is 2. The minimum Gasteiger partial charge on any atom is -0.321 e. The van der Waals surface area contributed by atoms with Crippen LogP contribution in [0.1, 0.15) is 15.2 Å². The fourth-order valence-electron chi connectivity index (χ4n) is 1.33. The Morgan fingerprint density at radius 2 is 2.00 bits per heavy atom. The molecule has 0 bridgehead atoms. The highest BCUT2D eigenvalue weighted by Gasteiger charge is 2.09. The Hall–Kier alpha value is -1.32. The van der Waals surface area contributed by atoms with Crippen molar-refractivity contribution in [1.82, 2.24) is 0 Å². The van der Waals surface area contributed by atoms with Crippen LogP contribution < -0.4 is 5.32 Å². The summed E-state index contributed by atoms with van der Waals surface area (Å²) in [6.07, 6.45) is 0. The van der Waals surface area contributed by atoms with Gasteiger partial charge in [-0.3, -0.25) is 4.79 Å². The number of carbonyl (C=O) groups excluding carboxylic acids is 1. The number of amides is 1. The van der Waals surface area contributed by atoms with Crippen LogP contribution in [0.2, 0.25) is 4.34 Å². The number of halogens is 1. The Labute approximate surface area is 103 Å². The number of nitrogens with one attached hydrogen (secondary N) is 1. The number of benzene rings is 1. The SMILES string of the molecule is Cc1ccccc1NC(=O)c1ccc(Cl)s1. The van der Waals surface area contributed by atoms with Crippen LogP contribution in [0.3, 0.4) is 0 Å². The van der Waals surface area contributed by atoms with Gasteiger partial charge in [-0.25, -0.2) is 0 Å². The van der Waals surface area contributed by atoms with Crippen LogP contribution >= 0.6 is 22.9 Å². The topological polar surface area (TPSA) is 29.1 Å². The molecule has 0 atom stereocenters. The zero-order valence-electron chi connectivity index (χ0n) is 8.66. The summed E-state index contributed by atoms with van der Waals surface area (Å²) in [5, 5.41) is 2.85. The number of para-hydroxylation sites is 1. The zero-order chi connectivity index (χ0) is 11.5. The van der Waals surface area contributed by atoms with Crippen LogP contribution in [0, 0.1) is 6.92 Å². The highest BCUT2D eigenvalue weighted by atomic mass is 35.5. The van der Waals surface area contributed by atoms with E-state index in [9.17, 15) is 4.79 Å². The van der Waals surface area contributed by atoms with E-state index in [2.05, 4.69) is 5.32 Å². The molecular formula is C12H10ClNOS. The molecule has 1 aromatic heterocycles. The number of anilines is 1. The smallest absolute Gasteiger partial charge is 0.265 e. The lowest BCUT2D eigenvalue weighted by molar-refractivity contribution is 0.103. The predicted molar refractivity (Wildman–Crippen MR) is 68.5 cm³/mol. The van der Waals surface area contributed by atoms with E-state index in [0.717, 1.165) is 11.3 Å². The van der Waals surface area contributed by atoms with Crippen molar-refractivity contribution in [3.63, 3.8) is 0 Å². The monoisotopic (exact) mass is 251 g/mol. The van der Waals surface area contributed by atoms with E-state index < -0.39 is 0 Å². The van der Waals surface area contributed by atoms with Crippen molar-refractivity contribution in [2.75, 3.05) is 5.32 Å². The Morgan fingerprint density at radius 3 is 2.62 bits per heavy atom. The molecule has 0 fully saturated rings. The van der Waals surface area contributed by atoms with Gasteiger partial charge in [-0.2, -0.15) is 0 Å². The molecule has 4 heteroatoms. The fourth-order valence-corrected chi connectivity index (χ4v) is 2.27. The molecule has 0 spiro atoms. The van der Waals surface area contributed by atoms with Gasteiger partial charge in [0.15, 0.2) is 0 Å². The summed E-state index contributed by atoms with van der Waals surface area (Å²) >= 11 is 7.05. The van der Waals surface area contributed by atoms with Gasteiger partial charge in [0.25, 0.3) is 5.91 Å². The van der Waals surface area contributed by atoms with Crippen LogP contribution in [-0.2, 0) is 0 Å². The number of thiophene rings is 1. The van der Waals surface area contributed by atoms with E-state index in [1.807, 2.05) is 31.2 Å². The second-order valence-corrected chi connectivity index (χ2v) is 5.09. The summed E-state index contributed by atoms with van der Waals surface area (Å²) in [7, 11) is 0. The van der Waals surface area contributed by atoms with Crippen molar-refractivity contribution in [1.29, 1.82) is 0 Å². The van der Waals surface area contributed by atoms with E-state index in [4.69, 9.17) is 11.6 Å². The van der Waals surface area contributed by atoms with E-state index >= 15 is 0 Å². The van der Waals surface area contributed by atoms with Crippen LogP contribution in [0.15, 0.2) is 36.4 Å². The molecule has 0 unspecified atom stereocenters. The summed E-state index contributed by atoms with van der Waals surface area (Å²) in [5.74, 6) is -0.119. The molecule has 0 saturated carbocycles. The first kappa shape index (κ1) is 11.2. The normalized spacial score (nSPS) is 10.1. The molecule has 0 aliphatic rings. The summed E-state index contributed by atoms with van der Waals surface area (Å²) in [6.45, 7) is 1.96. The molecule has 2 rings (SSSR count). The van der Waals surface area contributed by atoms with Crippen molar-refractivity contribution >= 4 is 34.5 Å². The van der Waals surface area contributed by atoms with Gasteiger partial charge in [0.05, 0.1) is 9.21 Å². The van der Waals surface area contributed by atoms with Crippen LogP contribution in [0.25, 0.3) is 0 Å². The van der Waals surface area contributed by atoms with Gasteiger partial charge >= 0.3 is 0 Å². The third-order valence-corrected chi connectivity index (χ3v) is 3.42. The molecule has 0 aliphatic carbocycles. The van der Waals surface area contributed by atoms with Gasteiger partial charge in [-0.05, 0) is 30.7 Å². The third-order valence-electron chi connectivity index (χ3n) is 2.19. The molecule has 0 aliphatic heterocycles. The molecule has 1 amide bonds. The van der Waals surface area contributed by atoms with Crippen molar-refractivity contribution in [3.8, 4) is 0 Å². The van der Waals surface area contributed by atoms with Gasteiger partial charge < -0.3 is 5.32 Å². The largest absolute Gasteiger partial charge is 0.321 e. The first-order valence-corrected chi connectivity index (χ1v) is 5.98. The highest BCUT2D eigenvalue weighted by molar-refractivity contribution is 7.18. The highest BCUT2D eigenvalue weighted by Crippen LogP contribution is 2.23. The number of aryl methyl sites for hydroxylation is 1. The molecule has 0 saturated heterocycles. The second-order valence-electron chi connectivity index (χ2n) is 3.37. The molecular weight excluding hydrogens is 242 g/mol. The molecule has 0 radical (unpaired) electrons. The quantitative estimate of drug-likeness (QED) is 0.860. The van der Waals surface area contributed by atoms with Crippen molar-refractivity contribution in [3.05, 3.63) is 51.2 Å². The van der Waals surface area contributed by atoms with Crippen molar-refractivity contribution in [2.24, 2.45) is 0 Å². The van der Waals surface area contributed by atoms with Gasteiger partial charge in [-0.15, -0.1) is 11.3 Å². The summed E-state index contributed by atoms with van der Waals surface area (Å²) in [4.78, 5) is 12.4. The van der Waals surface area contributed by atoms with Gasteiger partial charge in [-0.1, -0.05) is 29.8 Å². The molecule has 1 aromatic carbocycles. The van der Waals surface area contributed by atoms with E-state index in [1.54, 1.807) is 12.1 Å². The summed E-state index contributed by atoms with van der Waals surface area (Å²) in [6, 6.07) is 11.1. The molecule has 16 heavy (non-hydrogen) atoms.